The molecule has 1 unspecified atom stereocenters. The minimum atomic E-state index is -0.994. The van der Waals surface area contributed by atoms with Gasteiger partial charge in [0, 0.05) is 17.0 Å². The largest absolute Gasteiger partial charge is 0.327 e. The molecule has 0 radical (unpaired) electrons. The summed E-state index contributed by atoms with van der Waals surface area (Å²) in [6.45, 7) is 1.82. The number of rotatable bonds is 3. The summed E-state index contributed by atoms with van der Waals surface area (Å²) in [5.41, 5.74) is 6.24. The van der Waals surface area contributed by atoms with Crippen LogP contribution in [0.15, 0.2) is 12.1 Å². The Morgan fingerprint density at radius 1 is 1.38 bits per heavy atom. The number of carbonyl (C=O) groups is 1. The number of aldehydes is 1. The van der Waals surface area contributed by atoms with Gasteiger partial charge in [-0.1, -0.05) is 0 Å². The highest BCUT2D eigenvalue weighted by Gasteiger charge is 2.48. The fraction of sp³-hybridized carbons (Fsp3) is 0.417. The second-order valence-electron chi connectivity index (χ2n) is 4.42. The molecule has 4 heteroatoms. The summed E-state index contributed by atoms with van der Waals surface area (Å²) >= 11 is 0. The van der Waals surface area contributed by atoms with Crippen LogP contribution in [-0.4, -0.2) is 12.3 Å². The third-order valence-corrected chi connectivity index (χ3v) is 3.42. The van der Waals surface area contributed by atoms with Gasteiger partial charge >= 0.3 is 0 Å². The molecule has 2 rings (SSSR count). The molecule has 1 aliphatic carbocycles. The van der Waals surface area contributed by atoms with Gasteiger partial charge in [-0.2, -0.15) is 0 Å². The molecule has 0 spiro atoms. The molecule has 1 aromatic rings. The first-order chi connectivity index (χ1) is 7.51. The first kappa shape index (κ1) is 11.2. The fourth-order valence-corrected chi connectivity index (χ4v) is 2.20. The fourth-order valence-electron chi connectivity index (χ4n) is 2.20. The minimum Gasteiger partial charge on any atom is -0.327 e. The third-order valence-electron chi connectivity index (χ3n) is 3.42. The predicted octanol–water partition coefficient (Wildman–Crippen LogP) is 2.16. The van der Waals surface area contributed by atoms with E-state index in [1.54, 1.807) is 0 Å². The summed E-state index contributed by atoms with van der Waals surface area (Å²) in [7, 11) is 0. The first-order valence-corrected chi connectivity index (χ1v) is 5.21. The van der Waals surface area contributed by atoms with E-state index in [-0.39, 0.29) is 17.0 Å². The molecule has 1 aliphatic rings. The zero-order valence-corrected chi connectivity index (χ0v) is 8.97. The summed E-state index contributed by atoms with van der Waals surface area (Å²) in [5, 5.41) is 0. The lowest BCUT2D eigenvalue weighted by Gasteiger charge is -2.21. The molecule has 1 fully saturated rings. The quantitative estimate of drug-likeness (QED) is 0.801. The number of nitrogens with two attached hydrogens (primary N) is 1. The van der Waals surface area contributed by atoms with Crippen molar-refractivity contribution in [3.63, 3.8) is 0 Å². The van der Waals surface area contributed by atoms with E-state index in [9.17, 15) is 13.6 Å². The van der Waals surface area contributed by atoms with Gasteiger partial charge in [0.25, 0.3) is 0 Å². The number of carbonyl (C=O) groups excluding carboxylic acids is 1. The SMILES string of the molecule is CC(N)C1(c2cc(F)c(F)cc2C=O)CC1. The number of halogens is 2. The van der Waals surface area contributed by atoms with Gasteiger partial charge in [0.1, 0.15) is 6.29 Å². The summed E-state index contributed by atoms with van der Waals surface area (Å²) < 4.78 is 26.2. The summed E-state index contributed by atoms with van der Waals surface area (Å²) in [6.07, 6.45) is 2.19. The summed E-state index contributed by atoms with van der Waals surface area (Å²) in [6, 6.07) is 1.88. The molecule has 0 amide bonds. The van der Waals surface area contributed by atoms with Crippen LogP contribution in [0.25, 0.3) is 0 Å². The second-order valence-corrected chi connectivity index (χ2v) is 4.42. The Morgan fingerprint density at radius 3 is 2.38 bits per heavy atom. The Bertz CT molecular complexity index is 439. The zero-order chi connectivity index (χ0) is 11.9. The van der Waals surface area contributed by atoms with E-state index in [0.29, 0.717) is 11.8 Å². The number of benzene rings is 1. The molecule has 1 saturated carbocycles. The van der Waals surface area contributed by atoms with Crippen LogP contribution in [-0.2, 0) is 5.41 Å². The van der Waals surface area contributed by atoms with Gasteiger partial charge in [-0.15, -0.1) is 0 Å². The van der Waals surface area contributed by atoms with Crippen LogP contribution >= 0.6 is 0 Å². The van der Waals surface area contributed by atoms with Crippen molar-refractivity contribution >= 4 is 6.29 Å². The van der Waals surface area contributed by atoms with Crippen LogP contribution < -0.4 is 5.73 Å². The van der Waals surface area contributed by atoms with Crippen molar-refractivity contribution in [1.29, 1.82) is 0 Å². The molecular formula is C12H13F2NO. The van der Waals surface area contributed by atoms with Crippen LogP contribution in [0.3, 0.4) is 0 Å². The Kier molecular flexibility index (Phi) is 2.54. The van der Waals surface area contributed by atoms with Crippen molar-refractivity contribution in [3.05, 3.63) is 34.9 Å². The van der Waals surface area contributed by atoms with Gasteiger partial charge in [-0.25, -0.2) is 8.78 Å². The van der Waals surface area contributed by atoms with E-state index in [1.807, 2.05) is 6.92 Å². The topological polar surface area (TPSA) is 43.1 Å². The molecule has 16 heavy (non-hydrogen) atoms. The third kappa shape index (κ3) is 1.53. The molecule has 0 bridgehead atoms. The standard InChI is InChI=1S/C12H13F2NO/c1-7(15)12(2-3-12)9-5-11(14)10(13)4-8(9)6-16/h4-7H,2-3,15H2,1H3. The first-order valence-electron chi connectivity index (χ1n) is 5.21. The van der Waals surface area contributed by atoms with Crippen molar-refractivity contribution in [2.24, 2.45) is 5.73 Å². The van der Waals surface area contributed by atoms with Crippen LogP contribution in [0.5, 0.6) is 0 Å². The van der Waals surface area contributed by atoms with Crippen LogP contribution in [0.1, 0.15) is 35.7 Å². The zero-order valence-electron chi connectivity index (χ0n) is 8.97. The van der Waals surface area contributed by atoms with Crippen LogP contribution in [0, 0.1) is 11.6 Å². The van der Waals surface area contributed by atoms with Gasteiger partial charge in [0.05, 0.1) is 0 Å². The van der Waals surface area contributed by atoms with Crippen LogP contribution in [0.2, 0.25) is 0 Å². The lowest BCUT2D eigenvalue weighted by atomic mass is 9.86. The molecule has 0 heterocycles. The summed E-state index contributed by atoms with van der Waals surface area (Å²) in [5.74, 6) is -1.92. The van der Waals surface area contributed by atoms with Crippen molar-refractivity contribution in [1.82, 2.24) is 0 Å². The normalized spacial score (nSPS) is 19.2. The van der Waals surface area contributed by atoms with Crippen molar-refractivity contribution < 1.29 is 13.6 Å². The molecule has 0 saturated heterocycles. The highest BCUT2D eigenvalue weighted by atomic mass is 19.2. The highest BCUT2D eigenvalue weighted by Crippen LogP contribution is 2.51. The van der Waals surface area contributed by atoms with E-state index in [1.165, 1.54) is 0 Å². The van der Waals surface area contributed by atoms with E-state index in [4.69, 9.17) is 5.73 Å². The van der Waals surface area contributed by atoms with Crippen molar-refractivity contribution in [3.8, 4) is 0 Å². The van der Waals surface area contributed by atoms with Gasteiger partial charge in [0.2, 0.25) is 0 Å². The molecule has 2 nitrogen and oxygen atoms in total. The predicted molar refractivity (Wildman–Crippen MR) is 56.3 cm³/mol. The monoisotopic (exact) mass is 225 g/mol. The molecule has 0 aromatic heterocycles. The Morgan fingerprint density at radius 2 is 1.94 bits per heavy atom. The van der Waals surface area contributed by atoms with Gasteiger partial charge < -0.3 is 5.73 Å². The molecule has 1 aromatic carbocycles. The Balaban J connectivity index is 2.56. The maximum Gasteiger partial charge on any atom is 0.159 e. The van der Waals surface area contributed by atoms with E-state index in [0.717, 1.165) is 25.0 Å². The molecule has 86 valence electrons. The van der Waals surface area contributed by atoms with Gasteiger partial charge in [-0.3, -0.25) is 4.79 Å². The molecule has 2 N–H and O–H groups in total. The lowest BCUT2D eigenvalue weighted by Crippen LogP contribution is -2.32. The van der Waals surface area contributed by atoms with Gasteiger partial charge in [-0.05, 0) is 37.5 Å². The van der Waals surface area contributed by atoms with Gasteiger partial charge in [0.15, 0.2) is 11.6 Å². The highest BCUT2D eigenvalue weighted by molar-refractivity contribution is 5.78. The van der Waals surface area contributed by atoms with Crippen molar-refractivity contribution in [2.45, 2.75) is 31.2 Å². The van der Waals surface area contributed by atoms with Crippen LogP contribution in [0.4, 0.5) is 8.78 Å². The van der Waals surface area contributed by atoms with E-state index >= 15 is 0 Å². The number of hydrogen-bond donors (Lipinski definition) is 1. The Labute approximate surface area is 92.4 Å². The maximum absolute atomic E-state index is 13.2. The Hall–Kier alpha value is -1.29. The van der Waals surface area contributed by atoms with Crippen molar-refractivity contribution in [2.75, 3.05) is 0 Å². The number of hydrogen-bond acceptors (Lipinski definition) is 2. The smallest absolute Gasteiger partial charge is 0.159 e. The minimum absolute atomic E-state index is 0.170. The molecule has 1 atom stereocenters. The summed E-state index contributed by atoms with van der Waals surface area (Å²) in [4.78, 5) is 10.9. The molecule has 0 aliphatic heterocycles. The van der Waals surface area contributed by atoms with E-state index in [2.05, 4.69) is 0 Å². The average Bonchev–Trinajstić information content (AvgIpc) is 3.02. The molecular weight excluding hydrogens is 212 g/mol. The average molecular weight is 225 g/mol. The lowest BCUT2D eigenvalue weighted by molar-refractivity contribution is 0.112. The maximum atomic E-state index is 13.2. The van der Waals surface area contributed by atoms with E-state index < -0.39 is 11.6 Å². The second kappa shape index (κ2) is 3.63.